The van der Waals surface area contributed by atoms with Gasteiger partial charge in [0.15, 0.2) is 9.84 Å². The zero-order valence-electron chi connectivity index (χ0n) is 10.9. The Morgan fingerprint density at radius 3 is 1.65 bits per heavy atom. The first-order chi connectivity index (χ1) is 9.86. The van der Waals surface area contributed by atoms with Crippen LogP contribution < -0.4 is 5.73 Å². The average molecular weight is 400 g/mol. The molecule has 0 saturated heterocycles. The predicted octanol–water partition coefficient (Wildman–Crippen LogP) is 2.75. The predicted molar refractivity (Wildman–Crippen MR) is 62.5 cm³/mol. The fraction of sp³-hybridized carbons (Fsp3) is 0.889. The van der Waals surface area contributed by atoms with E-state index in [0.29, 0.717) is 0 Å². The van der Waals surface area contributed by atoms with Gasteiger partial charge in [-0.3, -0.25) is 4.79 Å². The van der Waals surface area contributed by atoms with E-state index in [4.69, 9.17) is 11.6 Å². The Labute approximate surface area is 129 Å². The second kappa shape index (κ2) is 6.57. The number of halogens is 9. The van der Waals surface area contributed by atoms with Crippen molar-refractivity contribution in [1.82, 2.24) is 0 Å². The van der Waals surface area contributed by atoms with Crippen LogP contribution in [0.3, 0.4) is 0 Å². The Morgan fingerprint density at radius 2 is 1.35 bits per heavy atom. The van der Waals surface area contributed by atoms with Gasteiger partial charge in [0.2, 0.25) is 4.21 Å². The second-order valence-corrected chi connectivity index (χ2v) is 7.68. The van der Waals surface area contributed by atoms with Gasteiger partial charge in [-0.2, -0.15) is 35.1 Å². The van der Waals surface area contributed by atoms with Gasteiger partial charge in [-0.05, 0) is 6.42 Å². The maximum absolute atomic E-state index is 12.8. The number of amides is 1. The summed E-state index contributed by atoms with van der Waals surface area (Å²) in [7, 11) is -5.25. The van der Waals surface area contributed by atoms with Crippen molar-refractivity contribution >= 4 is 27.3 Å². The molecule has 2 N–H and O–H groups in total. The van der Waals surface area contributed by atoms with Crippen LogP contribution in [0, 0.1) is 0 Å². The summed E-state index contributed by atoms with van der Waals surface area (Å²) in [5.41, 5.74) is 4.58. The molecule has 0 heterocycles. The van der Waals surface area contributed by atoms with Crippen molar-refractivity contribution in [3.8, 4) is 0 Å². The van der Waals surface area contributed by atoms with Gasteiger partial charge in [-0.15, -0.1) is 0 Å². The standard InChI is InChI=1S/C9H10ClF8NO3S/c10-6(5(19)20,1-2-7(11,12)9(16,17)18)23(21,22)4-3-8(13,14)15/h1-4H2,(H2,19,20). The third-order valence-electron chi connectivity index (χ3n) is 2.69. The molecule has 1 atom stereocenters. The third kappa shape index (κ3) is 5.62. The molecule has 0 aliphatic carbocycles. The van der Waals surface area contributed by atoms with Crippen molar-refractivity contribution in [2.45, 2.75) is 41.7 Å². The van der Waals surface area contributed by atoms with Crippen LogP contribution in [-0.4, -0.2) is 42.6 Å². The molecule has 1 unspecified atom stereocenters. The minimum atomic E-state index is -6.06. The number of alkyl halides is 9. The van der Waals surface area contributed by atoms with Gasteiger partial charge in [-0.25, -0.2) is 8.42 Å². The Bertz CT molecular complexity index is 544. The molecule has 0 aromatic rings. The van der Waals surface area contributed by atoms with Crippen molar-refractivity contribution in [3.05, 3.63) is 0 Å². The van der Waals surface area contributed by atoms with Crippen molar-refractivity contribution in [1.29, 1.82) is 0 Å². The maximum atomic E-state index is 12.8. The molecule has 0 fully saturated rings. The van der Waals surface area contributed by atoms with Crippen molar-refractivity contribution < 1.29 is 48.3 Å². The van der Waals surface area contributed by atoms with E-state index in [1.807, 2.05) is 0 Å². The summed E-state index contributed by atoms with van der Waals surface area (Å²) in [6, 6.07) is 0. The van der Waals surface area contributed by atoms with E-state index in [9.17, 15) is 48.3 Å². The fourth-order valence-corrected chi connectivity index (χ4v) is 3.17. The molecule has 0 radical (unpaired) electrons. The number of hydrogen-bond acceptors (Lipinski definition) is 3. The average Bonchev–Trinajstić information content (AvgIpc) is 2.31. The first-order valence-corrected chi connectivity index (χ1v) is 7.61. The monoisotopic (exact) mass is 399 g/mol. The van der Waals surface area contributed by atoms with Crippen molar-refractivity contribution in [2.75, 3.05) is 5.75 Å². The van der Waals surface area contributed by atoms with Crippen LogP contribution in [0.2, 0.25) is 0 Å². The van der Waals surface area contributed by atoms with Gasteiger partial charge in [0.1, 0.15) is 0 Å². The molecule has 138 valence electrons. The Morgan fingerprint density at radius 1 is 0.913 bits per heavy atom. The Balaban J connectivity index is 5.41. The van der Waals surface area contributed by atoms with Gasteiger partial charge < -0.3 is 5.73 Å². The lowest BCUT2D eigenvalue weighted by Gasteiger charge is -2.27. The van der Waals surface area contributed by atoms with E-state index < -0.39 is 63.2 Å². The van der Waals surface area contributed by atoms with E-state index in [1.165, 1.54) is 0 Å². The molecule has 0 aromatic heterocycles. The Kier molecular flexibility index (Phi) is 6.33. The summed E-state index contributed by atoms with van der Waals surface area (Å²) >= 11 is 5.22. The van der Waals surface area contributed by atoms with Crippen LogP contribution in [0.1, 0.15) is 19.3 Å². The largest absolute Gasteiger partial charge is 0.453 e. The van der Waals surface area contributed by atoms with E-state index in [1.54, 1.807) is 0 Å². The third-order valence-corrected chi connectivity index (χ3v) is 5.90. The number of hydrogen-bond donors (Lipinski definition) is 1. The summed E-state index contributed by atoms with van der Waals surface area (Å²) < 4.78 is 117. The van der Waals surface area contributed by atoms with Crippen LogP contribution in [0.5, 0.6) is 0 Å². The van der Waals surface area contributed by atoms with Gasteiger partial charge >= 0.3 is 18.3 Å². The Hall–Kier alpha value is -0.850. The lowest BCUT2D eigenvalue weighted by molar-refractivity contribution is -0.284. The molecule has 23 heavy (non-hydrogen) atoms. The number of rotatable bonds is 7. The van der Waals surface area contributed by atoms with E-state index in [2.05, 4.69) is 5.73 Å². The molecule has 0 rings (SSSR count). The zero-order valence-corrected chi connectivity index (χ0v) is 12.5. The molecule has 0 aliphatic rings. The quantitative estimate of drug-likeness (QED) is 0.528. The second-order valence-electron chi connectivity index (χ2n) is 4.48. The highest BCUT2D eigenvalue weighted by atomic mass is 35.5. The highest BCUT2D eigenvalue weighted by Crippen LogP contribution is 2.42. The minimum Gasteiger partial charge on any atom is -0.367 e. The topological polar surface area (TPSA) is 77.2 Å². The molecular formula is C9H10ClF8NO3S. The minimum absolute atomic E-state index is 1.79. The molecule has 0 aliphatic heterocycles. The van der Waals surface area contributed by atoms with Gasteiger partial charge in [0.25, 0.3) is 5.91 Å². The van der Waals surface area contributed by atoms with Gasteiger partial charge in [-0.1, -0.05) is 11.6 Å². The summed E-state index contributed by atoms with van der Waals surface area (Å²) in [5.74, 6) is -9.23. The van der Waals surface area contributed by atoms with Crippen molar-refractivity contribution in [3.63, 3.8) is 0 Å². The molecule has 0 saturated carbocycles. The first kappa shape index (κ1) is 22.1. The number of nitrogens with two attached hydrogens (primary N) is 1. The van der Waals surface area contributed by atoms with Gasteiger partial charge in [0.05, 0.1) is 12.2 Å². The first-order valence-electron chi connectivity index (χ1n) is 5.58. The normalized spacial score (nSPS) is 16.9. The van der Waals surface area contributed by atoms with Crippen LogP contribution in [0.25, 0.3) is 0 Å². The lowest BCUT2D eigenvalue weighted by Crippen LogP contribution is -2.49. The van der Waals surface area contributed by atoms with Crippen LogP contribution >= 0.6 is 11.6 Å². The zero-order chi connectivity index (χ0) is 18.9. The smallest absolute Gasteiger partial charge is 0.367 e. The molecule has 0 spiro atoms. The molecule has 0 aromatic carbocycles. The summed E-state index contributed by atoms with van der Waals surface area (Å²) in [6.45, 7) is 0. The fourth-order valence-electron chi connectivity index (χ4n) is 1.30. The highest BCUT2D eigenvalue weighted by Gasteiger charge is 2.59. The highest BCUT2D eigenvalue weighted by molar-refractivity contribution is 7.95. The number of carbonyl (C=O) groups is 1. The SMILES string of the molecule is NC(=O)C(Cl)(CCC(F)(F)C(F)(F)F)S(=O)(=O)CCC(F)(F)F. The number of primary amides is 1. The molecule has 0 bridgehead atoms. The van der Waals surface area contributed by atoms with E-state index in [0.717, 1.165) is 0 Å². The van der Waals surface area contributed by atoms with Crippen molar-refractivity contribution in [2.24, 2.45) is 5.73 Å². The summed E-state index contributed by atoms with van der Waals surface area (Å²) in [6.07, 6.45) is -17.1. The number of sulfone groups is 1. The molecular weight excluding hydrogens is 390 g/mol. The van der Waals surface area contributed by atoms with E-state index in [-0.39, 0.29) is 0 Å². The van der Waals surface area contributed by atoms with Crippen LogP contribution in [0.15, 0.2) is 0 Å². The number of carbonyl (C=O) groups excluding carboxylic acids is 1. The molecule has 4 nitrogen and oxygen atoms in total. The van der Waals surface area contributed by atoms with Gasteiger partial charge in [0, 0.05) is 6.42 Å². The summed E-state index contributed by atoms with van der Waals surface area (Å²) in [4.78, 5) is 11.1. The van der Waals surface area contributed by atoms with E-state index >= 15 is 0 Å². The summed E-state index contributed by atoms with van der Waals surface area (Å²) in [5, 5.41) is 0. The van der Waals surface area contributed by atoms with Crippen LogP contribution in [-0.2, 0) is 14.6 Å². The van der Waals surface area contributed by atoms with Crippen LogP contribution in [0.4, 0.5) is 35.1 Å². The lowest BCUT2D eigenvalue weighted by atomic mass is 10.1. The maximum Gasteiger partial charge on any atom is 0.453 e. The molecule has 1 amide bonds. The molecule has 14 heteroatoms.